The molecule has 0 bridgehead atoms. The summed E-state index contributed by atoms with van der Waals surface area (Å²) in [6, 6.07) is 6.27. The minimum absolute atomic E-state index is 0.0147. The average molecular weight is 335 g/mol. The van der Waals surface area contributed by atoms with Gasteiger partial charge in [-0.05, 0) is 37.1 Å². The molecule has 1 rings (SSSR count). The van der Waals surface area contributed by atoms with Gasteiger partial charge in [-0.2, -0.15) is 0 Å². The lowest BCUT2D eigenvalue weighted by atomic mass is 10.2. The van der Waals surface area contributed by atoms with Gasteiger partial charge in [-0.1, -0.05) is 12.8 Å². The largest absolute Gasteiger partial charge is 0.494 e. The number of unbranched alkanes of at least 4 members (excludes halogenated alkanes) is 3. The van der Waals surface area contributed by atoms with E-state index in [0.29, 0.717) is 18.8 Å². The summed E-state index contributed by atoms with van der Waals surface area (Å²) in [6.45, 7) is 0.508. The first kappa shape index (κ1) is 17.9. The van der Waals surface area contributed by atoms with Gasteiger partial charge < -0.3 is 4.74 Å². The molecule has 0 spiro atoms. The zero-order chi connectivity index (χ0) is 15.9. The summed E-state index contributed by atoms with van der Waals surface area (Å²) in [7, 11) is -6.54. The molecule has 1 aromatic carbocycles. The molecule has 0 aliphatic carbocycles. The van der Waals surface area contributed by atoms with Crippen molar-refractivity contribution in [1.82, 2.24) is 0 Å². The van der Waals surface area contributed by atoms with E-state index in [9.17, 15) is 16.8 Å². The van der Waals surface area contributed by atoms with Gasteiger partial charge in [0.15, 0.2) is 9.84 Å². The second-order valence-electron chi connectivity index (χ2n) is 4.87. The number of hydrogen-bond donors (Lipinski definition) is 1. The molecule has 0 radical (unpaired) electrons. The van der Waals surface area contributed by atoms with Crippen LogP contribution in [0, 0.1) is 0 Å². The topological polar surface area (TPSA) is 104 Å². The summed E-state index contributed by atoms with van der Waals surface area (Å²) in [5.74, 6) is 0.632. The molecule has 0 atom stereocenters. The molecule has 0 amide bonds. The molecular formula is C13H21NO5S2. The number of benzene rings is 1. The number of hydrogen-bond acceptors (Lipinski definition) is 5. The van der Waals surface area contributed by atoms with E-state index in [4.69, 9.17) is 9.88 Å². The number of primary sulfonamides is 1. The van der Waals surface area contributed by atoms with E-state index < -0.39 is 19.9 Å². The van der Waals surface area contributed by atoms with E-state index in [2.05, 4.69) is 0 Å². The minimum Gasteiger partial charge on any atom is -0.494 e. The summed E-state index contributed by atoms with van der Waals surface area (Å²) < 4.78 is 49.5. The van der Waals surface area contributed by atoms with Crippen molar-refractivity contribution in [1.29, 1.82) is 0 Å². The molecule has 0 aliphatic rings. The number of rotatable bonds is 9. The van der Waals surface area contributed by atoms with Crippen LogP contribution in [0.5, 0.6) is 5.75 Å². The highest BCUT2D eigenvalue weighted by Gasteiger charge is 2.06. The lowest BCUT2D eigenvalue weighted by Crippen LogP contribution is -2.16. The van der Waals surface area contributed by atoms with Gasteiger partial charge in [0.05, 0.1) is 17.3 Å². The lowest BCUT2D eigenvalue weighted by Gasteiger charge is -2.06. The van der Waals surface area contributed by atoms with Gasteiger partial charge in [0.25, 0.3) is 0 Å². The van der Waals surface area contributed by atoms with Crippen LogP contribution in [0.1, 0.15) is 25.7 Å². The SMILES string of the molecule is CS(=O)(=O)c1ccc(OCCCCCCS(N)(=O)=O)cc1. The van der Waals surface area contributed by atoms with Gasteiger partial charge in [-0.25, -0.2) is 22.0 Å². The highest BCUT2D eigenvalue weighted by atomic mass is 32.2. The first-order chi connectivity index (χ1) is 9.68. The maximum Gasteiger partial charge on any atom is 0.209 e. The van der Waals surface area contributed by atoms with Crippen LogP contribution in [0.15, 0.2) is 29.2 Å². The van der Waals surface area contributed by atoms with Crippen LogP contribution in [-0.2, 0) is 19.9 Å². The van der Waals surface area contributed by atoms with Crippen molar-refractivity contribution < 1.29 is 21.6 Å². The van der Waals surface area contributed by atoms with E-state index in [0.717, 1.165) is 25.5 Å². The highest BCUT2D eigenvalue weighted by Crippen LogP contribution is 2.16. The van der Waals surface area contributed by atoms with Crippen molar-refractivity contribution in [3.8, 4) is 5.75 Å². The Morgan fingerprint density at radius 3 is 2.05 bits per heavy atom. The summed E-state index contributed by atoms with van der Waals surface area (Å²) in [5.41, 5.74) is 0. The van der Waals surface area contributed by atoms with Crippen LogP contribution in [0.4, 0.5) is 0 Å². The van der Waals surface area contributed by atoms with E-state index in [1.54, 1.807) is 12.1 Å². The van der Waals surface area contributed by atoms with Crippen molar-refractivity contribution in [2.24, 2.45) is 5.14 Å². The Balaban J connectivity index is 2.22. The number of ether oxygens (including phenoxy) is 1. The molecule has 0 heterocycles. The third-order valence-electron chi connectivity index (χ3n) is 2.84. The average Bonchev–Trinajstić information content (AvgIpc) is 2.36. The van der Waals surface area contributed by atoms with Gasteiger partial charge in [0, 0.05) is 6.26 Å². The minimum atomic E-state index is -3.36. The first-order valence-electron chi connectivity index (χ1n) is 6.62. The molecule has 2 N–H and O–H groups in total. The number of sulfonamides is 1. The standard InChI is InChI=1S/C13H21NO5S2/c1-20(15,16)13-8-6-12(7-9-13)19-10-4-2-3-5-11-21(14,17)18/h6-9H,2-5,10-11H2,1H3,(H2,14,17,18). The van der Waals surface area contributed by atoms with Gasteiger partial charge in [-0.3, -0.25) is 0 Å². The van der Waals surface area contributed by atoms with Crippen molar-refractivity contribution in [3.63, 3.8) is 0 Å². The van der Waals surface area contributed by atoms with Crippen LogP contribution < -0.4 is 9.88 Å². The zero-order valence-corrected chi connectivity index (χ0v) is 13.6. The van der Waals surface area contributed by atoms with Gasteiger partial charge in [0.1, 0.15) is 5.75 Å². The van der Waals surface area contributed by atoms with Gasteiger partial charge in [0.2, 0.25) is 10.0 Å². The molecule has 0 saturated carbocycles. The summed E-state index contributed by atoms with van der Waals surface area (Å²) in [6.07, 6.45) is 4.16. The fourth-order valence-electron chi connectivity index (χ4n) is 1.73. The van der Waals surface area contributed by atoms with Crippen molar-refractivity contribution in [2.75, 3.05) is 18.6 Å². The van der Waals surface area contributed by atoms with Crippen LogP contribution in [0.25, 0.3) is 0 Å². The Morgan fingerprint density at radius 1 is 0.952 bits per heavy atom. The Hall–Kier alpha value is -1.12. The Bertz CT molecular complexity index is 636. The Labute approximate surface area is 126 Å². The quantitative estimate of drug-likeness (QED) is 0.685. The van der Waals surface area contributed by atoms with Crippen molar-refractivity contribution >= 4 is 19.9 Å². The second-order valence-corrected chi connectivity index (χ2v) is 8.62. The molecule has 21 heavy (non-hydrogen) atoms. The molecule has 8 heteroatoms. The van der Waals surface area contributed by atoms with Crippen LogP contribution in [-0.4, -0.2) is 35.5 Å². The Morgan fingerprint density at radius 2 is 1.52 bits per heavy atom. The van der Waals surface area contributed by atoms with Crippen molar-refractivity contribution in [2.45, 2.75) is 30.6 Å². The van der Waals surface area contributed by atoms with Gasteiger partial charge in [-0.15, -0.1) is 0 Å². The molecular weight excluding hydrogens is 314 g/mol. The summed E-state index contributed by atoms with van der Waals surface area (Å²) in [4.78, 5) is 0.262. The van der Waals surface area contributed by atoms with Crippen LogP contribution in [0.3, 0.4) is 0 Å². The van der Waals surface area contributed by atoms with E-state index in [1.165, 1.54) is 12.1 Å². The second kappa shape index (κ2) is 7.77. The van der Waals surface area contributed by atoms with Crippen LogP contribution in [0.2, 0.25) is 0 Å². The predicted octanol–water partition coefficient (Wildman–Crippen LogP) is 1.32. The van der Waals surface area contributed by atoms with Crippen molar-refractivity contribution in [3.05, 3.63) is 24.3 Å². The molecule has 0 unspecified atom stereocenters. The highest BCUT2D eigenvalue weighted by molar-refractivity contribution is 7.90. The van der Waals surface area contributed by atoms with Gasteiger partial charge >= 0.3 is 0 Å². The third kappa shape index (κ3) is 8.03. The van der Waals surface area contributed by atoms with E-state index >= 15 is 0 Å². The molecule has 0 aromatic heterocycles. The molecule has 0 aliphatic heterocycles. The number of sulfone groups is 1. The molecule has 6 nitrogen and oxygen atoms in total. The monoisotopic (exact) mass is 335 g/mol. The number of nitrogens with two attached hydrogens (primary N) is 1. The van der Waals surface area contributed by atoms with E-state index in [-0.39, 0.29) is 10.6 Å². The zero-order valence-electron chi connectivity index (χ0n) is 12.0. The van der Waals surface area contributed by atoms with E-state index in [1.807, 2.05) is 0 Å². The summed E-state index contributed by atoms with van der Waals surface area (Å²) in [5, 5.41) is 4.90. The maximum absolute atomic E-state index is 11.3. The first-order valence-corrected chi connectivity index (χ1v) is 10.2. The molecule has 0 saturated heterocycles. The lowest BCUT2D eigenvalue weighted by molar-refractivity contribution is 0.305. The predicted molar refractivity (Wildman–Crippen MR) is 81.5 cm³/mol. The fraction of sp³-hybridized carbons (Fsp3) is 0.538. The third-order valence-corrected chi connectivity index (χ3v) is 4.83. The molecule has 120 valence electrons. The molecule has 1 aromatic rings. The normalized spacial score (nSPS) is 12.3. The van der Waals surface area contributed by atoms with Crippen LogP contribution >= 0.6 is 0 Å². The maximum atomic E-state index is 11.3. The summed E-state index contributed by atoms with van der Waals surface area (Å²) >= 11 is 0. The smallest absolute Gasteiger partial charge is 0.209 e. The fourth-order valence-corrected chi connectivity index (χ4v) is 2.97. The Kier molecular flexibility index (Phi) is 6.63. The molecule has 0 fully saturated rings.